The molecule has 5 heteroatoms. The van der Waals surface area contributed by atoms with Crippen LogP contribution in [0.2, 0.25) is 15.1 Å². The zero-order valence-corrected chi connectivity index (χ0v) is 14.1. The predicted molar refractivity (Wildman–Crippen MR) is 91.6 cm³/mol. The predicted octanol–water partition coefficient (Wildman–Crippen LogP) is 6.12. The first kappa shape index (κ1) is 17.3. The average molecular weight is 393 g/mol. The summed E-state index contributed by atoms with van der Waals surface area (Å²) in [6.07, 6.45) is 3.13. The molecule has 1 nitrogen and oxygen atoms in total. The molecule has 0 bridgehead atoms. The van der Waals surface area contributed by atoms with Crippen molar-refractivity contribution in [2.75, 3.05) is 0 Å². The lowest BCUT2D eigenvalue weighted by Gasteiger charge is -1.99. The van der Waals surface area contributed by atoms with Crippen molar-refractivity contribution < 1.29 is 4.79 Å². The summed E-state index contributed by atoms with van der Waals surface area (Å²) >= 11 is 17.6. The normalized spacial score (nSPS) is 10.3. The first-order chi connectivity index (χ1) is 9.06. The maximum Gasteiger partial charge on any atom is 0.185 e. The Morgan fingerprint density at radius 1 is 0.900 bits per heavy atom. The van der Waals surface area contributed by atoms with Crippen molar-refractivity contribution >= 4 is 63.6 Å². The highest BCUT2D eigenvalue weighted by Crippen LogP contribution is 2.22. The fourth-order valence-corrected chi connectivity index (χ4v) is 2.11. The largest absolute Gasteiger partial charge is 0.289 e. The minimum Gasteiger partial charge on any atom is -0.289 e. The van der Waals surface area contributed by atoms with Gasteiger partial charge in [0.05, 0.1) is 0 Å². The van der Waals surface area contributed by atoms with Gasteiger partial charge in [-0.1, -0.05) is 40.9 Å². The number of ketones is 1. The molecule has 0 saturated heterocycles. The van der Waals surface area contributed by atoms with E-state index in [9.17, 15) is 4.79 Å². The molecule has 2 rings (SSSR count). The van der Waals surface area contributed by atoms with Gasteiger partial charge in [0.15, 0.2) is 5.78 Å². The molecule has 0 spiro atoms. The molecule has 0 amide bonds. The molecule has 0 radical (unpaired) electrons. The van der Waals surface area contributed by atoms with Crippen LogP contribution in [-0.2, 0) is 0 Å². The number of hydrogen-bond donors (Lipinski definition) is 0. The van der Waals surface area contributed by atoms with Crippen molar-refractivity contribution in [2.24, 2.45) is 0 Å². The summed E-state index contributed by atoms with van der Waals surface area (Å²) in [6.45, 7) is 0. The Hall–Kier alpha value is -0.800. The molecule has 2 aromatic rings. The lowest BCUT2D eigenvalue weighted by molar-refractivity contribution is 0.104. The maximum atomic E-state index is 11.9. The smallest absolute Gasteiger partial charge is 0.185 e. The Morgan fingerprint density at radius 2 is 1.50 bits per heavy atom. The van der Waals surface area contributed by atoms with Crippen LogP contribution in [0, 0.1) is 0 Å². The van der Waals surface area contributed by atoms with Crippen molar-refractivity contribution in [3.8, 4) is 0 Å². The molecule has 20 heavy (non-hydrogen) atoms. The first-order valence-corrected chi connectivity index (χ1v) is 6.63. The van der Waals surface area contributed by atoms with Gasteiger partial charge < -0.3 is 0 Å². The van der Waals surface area contributed by atoms with Crippen LogP contribution in [0.3, 0.4) is 0 Å². The quantitative estimate of drug-likeness (QED) is 0.454. The molecule has 0 aliphatic carbocycles. The highest BCUT2D eigenvalue weighted by molar-refractivity contribution is 8.93. The monoisotopic (exact) mass is 390 g/mol. The van der Waals surface area contributed by atoms with Crippen molar-refractivity contribution in [2.45, 2.75) is 0 Å². The van der Waals surface area contributed by atoms with E-state index < -0.39 is 0 Å². The maximum absolute atomic E-state index is 11.9. The van der Waals surface area contributed by atoms with E-state index in [1.165, 1.54) is 6.08 Å². The molecular formula is C15H10BrCl3O. The number of carbonyl (C=O) groups is 1. The third kappa shape index (κ3) is 4.64. The third-order valence-electron chi connectivity index (χ3n) is 2.51. The van der Waals surface area contributed by atoms with Crippen LogP contribution in [0.4, 0.5) is 0 Å². The Balaban J connectivity index is 0.00000200. The van der Waals surface area contributed by atoms with E-state index in [-0.39, 0.29) is 22.8 Å². The van der Waals surface area contributed by atoms with Crippen LogP contribution in [0.25, 0.3) is 6.08 Å². The van der Waals surface area contributed by atoms with Gasteiger partial charge in [0.1, 0.15) is 0 Å². The van der Waals surface area contributed by atoms with Crippen LogP contribution < -0.4 is 0 Å². The number of benzene rings is 2. The van der Waals surface area contributed by atoms with Gasteiger partial charge in [-0.3, -0.25) is 4.79 Å². The molecule has 0 aromatic heterocycles. The topological polar surface area (TPSA) is 17.1 Å². The number of carbonyl (C=O) groups excluding carboxylic acids is 1. The molecule has 0 saturated carbocycles. The molecular weight excluding hydrogens is 382 g/mol. The minimum absolute atomic E-state index is 0. The summed E-state index contributed by atoms with van der Waals surface area (Å²) in [4.78, 5) is 11.9. The van der Waals surface area contributed by atoms with Gasteiger partial charge in [0.2, 0.25) is 0 Å². The molecule has 0 atom stereocenters. The van der Waals surface area contributed by atoms with Crippen LogP contribution in [0.5, 0.6) is 0 Å². The molecule has 104 valence electrons. The Labute approximate surface area is 142 Å². The zero-order valence-electron chi connectivity index (χ0n) is 10.1. The Morgan fingerprint density at radius 3 is 2.10 bits per heavy atom. The molecule has 0 aliphatic rings. The summed E-state index contributed by atoms with van der Waals surface area (Å²) < 4.78 is 0. The molecule has 0 N–H and O–H groups in total. The van der Waals surface area contributed by atoms with E-state index in [1.54, 1.807) is 48.5 Å². The molecule has 0 aliphatic heterocycles. The van der Waals surface area contributed by atoms with E-state index in [1.807, 2.05) is 0 Å². The third-order valence-corrected chi connectivity index (χ3v) is 3.32. The van der Waals surface area contributed by atoms with Gasteiger partial charge in [-0.05, 0) is 54.1 Å². The van der Waals surface area contributed by atoms with E-state index in [0.717, 1.165) is 5.56 Å². The van der Waals surface area contributed by atoms with Gasteiger partial charge in [-0.15, -0.1) is 17.0 Å². The van der Waals surface area contributed by atoms with Gasteiger partial charge in [-0.25, -0.2) is 0 Å². The van der Waals surface area contributed by atoms with Gasteiger partial charge in [0.25, 0.3) is 0 Å². The van der Waals surface area contributed by atoms with Crippen LogP contribution in [-0.4, -0.2) is 5.78 Å². The first-order valence-electron chi connectivity index (χ1n) is 5.49. The molecule has 2 aromatic carbocycles. The second kappa shape index (κ2) is 7.84. The Bertz CT molecular complexity index is 636. The summed E-state index contributed by atoms with van der Waals surface area (Å²) in [6, 6.07) is 11.8. The lowest BCUT2D eigenvalue weighted by Crippen LogP contribution is -1.93. The number of allylic oxidation sites excluding steroid dienone is 1. The van der Waals surface area contributed by atoms with E-state index >= 15 is 0 Å². The van der Waals surface area contributed by atoms with Crippen molar-refractivity contribution in [1.82, 2.24) is 0 Å². The van der Waals surface area contributed by atoms with Crippen LogP contribution >= 0.6 is 51.8 Å². The van der Waals surface area contributed by atoms with E-state index in [0.29, 0.717) is 20.6 Å². The van der Waals surface area contributed by atoms with Crippen molar-refractivity contribution in [3.63, 3.8) is 0 Å². The van der Waals surface area contributed by atoms with Crippen LogP contribution in [0.15, 0.2) is 48.5 Å². The van der Waals surface area contributed by atoms with Crippen molar-refractivity contribution in [3.05, 3.63) is 74.7 Å². The lowest BCUT2D eigenvalue weighted by atomic mass is 10.1. The fourth-order valence-electron chi connectivity index (χ4n) is 1.51. The highest BCUT2D eigenvalue weighted by Gasteiger charge is 2.02. The molecule has 0 heterocycles. The number of rotatable bonds is 3. The van der Waals surface area contributed by atoms with E-state index in [2.05, 4.69) is 0 Å². The van der Waals surface area contributed by atoms with Crippen molar-refractivity contribution in [1.29, 1.82) is 0 Å². The van der Waals surface area contributed by atoms with E-state index in [4.69, 9.17) is 34.8 Å². The minimum atomic E-state index is -0.109. The van der Waals surface area contributed by atoms with Gasteiger partial charge >= 0.3 is 0 Å². The Kier molecular flexibility index (Phi) is 6.77. The van der Waals surface area contributed by atoms with Gasteiger partial charge in [0, 0.05) is 20.6 Å². The standard InChI is InChI=1S/C15H9Cl3O.BrH/c16-12-5-2-11(3-6-12)15(19)8-4-10-1-7-13(17)9-14(10)18;/h1-9H;1H. The summed E-state index contributed by atoms with van der Waals surface area (Å²) in [5.41, 5.74) is 1.32. The number of hydrogen-bond acceptors (Lipinski definition) is 1. The summed E-state index contributed by atoms with van der Waals surface area (Å²) in [7, 11) is 0. The second-order valence-corrected chi connectivity index (χ2v) is 5.15. The van der Waals surface area contributed by atoms with Crippen LogP contribution in [0.1, 0.15) is 15.9 Å². The molecule has 0 unspecified atom stereocenters. The fraction of sp³-hybridized carbons (Fsp3) is 0. The summed E-state index contributed by atoms with van der Waals surface area (Å²) in [5.74, 6) is -0.109. The zero-order chi connectivity index (χ0) is 13.8. The van der Waals surface area contributed by atoms with Gasteiger partial charge in [-0.2, -0.15) is 0 Å². The average Bonchev–Trinajstić information content (AvgIpc) is 2.38. The second-order valence-electron chi connectivity index (χ2n) is 3.87. The summed E-state index contributed by atoms with van der Waals surface area (Å²) in [5, 5.41) is 1.67. The highest BCUT2D eigenvalue weighted by atomic mass is 79.9. The number of halogens is 4. The molecule has 0 fully saturated rings. The SMILES string of the molecule is Br.O=C(C=Cc1ccc(Cl)cc1Cl)c1ccc(Cl)cc1.